The highest BCUT2D eigenvalue weighted by molar-refractivity contribution is 5.80. The molecule has 0 saturated carbocycles. The zero-order valence-corrected chi connectivity index (χ0v) is 18.5. The minimum Gasteiger partial charge on any atom is -0.459 e. The smallest absolute Gasteiger partial charge is 0.323 e. The molecule has 0 fully saturated rings. The predicted octanol–water partition coefficient (Wildman–Crippen LogP) is 3.99. The lowest BCUT2D eigenvalue weighted by Gasteiger charge is -2.30. The first kappa shape index (κ1) is 25.1. The quantitative estimate of drug-likeness (QED) is 0.449. The first-order chi connectivity index (χ1) is 11.6. The van der Waals surface area contributed by atoms with Gasteiger partial charge in [0.1, 0.15) is 17.4 Å². The van der Waals surface area contributed by atoms with Crippen molar-refractivity contribution in [2.24, 2.45) is 0 Å². The summed E-state index contributed by atoms with van der Waals surface area (Å²) < 4.78 is 5.54. The summed E-state index contributed by atoms with van der Waals surface area (Å²) in [5.74, 6) is 0.0503. The molecule has 5 heteroatoms. The number of carbonyl (C=O) groups excluding carboxylic acids is 2. The van der Waals surface area contributed by atoms with Crippen molar-refractivity contribution in [2.75, 3.05) is 6.54 Å². The Hall–Kier alpha value is -0.940. The number of unbranched alkanes of at least 4 members (excludes halogenated alkanes) is 2. The fourth-order valence-corrected chi connectivity index (χ4v) is 2.44. The molecule has 1 unspecified atom stereocenters. The Morgan fingerprint density at radius 1 is 0.846 bits per heavy atom. The van der Waals surface area contributed by atoms with Crippen molar-refractivity contribution in [3.05, 3.63) is 0 Å². The molecule has 0 spiro atoms. The van der Waals surface area contributed by atoms with Gasteiger partial charge in [-0.15, -0.1) is 0 Å². The Balaban J connectivity index is 4.29. The molecule has 0 aromatic carbocycles. The van der Waals surface area contributed by atoms with Crippen molar-refractivity contribution in [2.45, 2.75) is 117 Å². The zero-order valence-electron chi connectivity index (χ0n) is 18.5. The van der Waals surface area contributed by atoms with Crippen LogP contribution in [0.15, 0.2) is 0 Å². The van der Waals surface area contributed by atoms with E-state index in [0.29, 0.717) is 13.0 Å². The number of nitrogens with one attached hydrogen (secondary N) is 2. The van der Waals surface area contributed by atoms with Crippen LogP contribution in [0.3, 0.4) is 0 Å². The third kappa shape index (κ3) is 15.3. The normalized spacial score (nSPS) is 14.2. The SMILES string of the molecule is CC(C)(C)NCC(=O)CCCCCC(NC(C)(C)C)C(=O)OC(C)(C)C. The van der Waals surface area contributed by atoms with Gasteiger partial charge in [0.25, 0.3) is 0 Å². The molecule has 0 radical (unpaired) electrons. The summed E-state index contributed by atoms with van der Waals surface area (Å²) in [6.07, 6.45) is 4.01. The molecule has 0 bridgehead atoms. The summed E-state index contributed by atoms with van der Waals surface area (Å²) in [5.41, 5.74) is -0.674. The number of hydrogen-bond donors (Lipinski definition) is 2. The average molecular weight is 371 g/mol. The average Bonchev–Trinajstić information content (AvgIpc) is 2.39. The highest BCUT2D eigenvalue weighted by atomic mass is 16.6. The van der Waals surface area contributed by atoms with E-state index in [4.69, 9.17) is 4.74 Å². The second-order valence-corrected chi connectivity index (χ2v) is 10.2. The first-order valence-electron chi connectivity index (χ1n) is 9.86. The molecule has 26 heavy (non-hydrogen) atoms. The van der Waals surface area contributed by atoms with E-state index in [0.717, 1.165) is 25.7 Å². The van der Waals surface area contributed by atoms with Gasteiger partial charge >= 0.3 is 5.97 Å². The van der Waals surface area contributed by atoms with E-state index in [-0.39, 0.29) is 28.9 Å². The van der Waals surface area contributed by atoms with Gasteiger partial charge in [-0.25, -0.2) is 0 Å². The van der Waals surface area contributed by atoms with Crippen molar-refractivity contribution in [3.63, 3.8) is 0 Å². The molecule has 0 heterocycles. The molecule has 0 amide bonds. The summed E-state index contributed by atoms with van der Waals surface area (Å²) in [4.78, 5) is 24.3. The summed E-state index contributed by atoms with van der Waals surface area (Å²) in [5, 5.41) is 6.59. The molecule has 0 aromatic heterocycles. The lowest BCUT2D eigenvalue weighted by molar-refractivity contribution is -0.158. The fraction of sp³-hybridized carbons (Fsp3) is 0.905. The number of ketones is 1. The molecule has 0 aliphatic heterocycles. The van der Waals surface area contributed by atoms with Crippen LogP contribution in [0.4, 0.5) is 0 Å². The lowest BCUT2D eigenvalue weighted by Crippen LogP contribution is -2.49. The van der Waals surface area contributed by atoms with Crippen LogP contribution in [0.25, 0.3) is 0 Å². The van der Waals surface area contributed by atoms with Crippen LogP contribution in [0.2, 0.25) is 0 Å². The van der Waals surface area contributed by atoms with Gasteiger partial charge in [0.05, 0.1) is 6.54 Å². The maximum absolute atomic E-state index is 12.4. The highest BCUT2D eigenvalue weighted by Crippen LogP contribution is 2.15. The number of rotatable bonds is 10. The van der Waals surface area contributed by atoms with Gasteiger partial charge in [-0.1, -0.05) is 12.8 Å². The molecule has 5 nitrogen and oxygen atoms in total. The molecular formula is C21H42N2O3. The Bertz CT molecular complexity index is 440. The fourth-order valence-electron chi connectivity index (χ4n) is 2.44. The number of hydrogen-bond acceptors (Lipinski definition) is 5. The third-order valence-corrected chi connectivity index (χ3v) is 3.56. The van der Waals surface area contributed by atoms with Crippen LogP contribution in [0.5, 0.6) is 0 Å². The second-order valence-electron chi connectivity index (χ2n) is 10.2. The molecule has 0 aromatic rings. The first-order valence-corrected chi connectivity index (χ1v) is 9.86. The van der Waals surface area contributed by atoms with Gasteiger partial charge in [-0.05, 0) is 75.2 Å². The molecule has 154 valence electrons. The molecular weight excluding hydrogens is 328 g/mol. The van der Waals surface area contributed by atoms with E-state index in [1.165, 1.54) is 0 Å². The van der Waals surface area contributed by atoms with Crippen LogP contribution in [0, 0.1) is 0 Å². The summed E-state index contributed by atoms with van der Waals surface area (Å²) in [6, 6.07) is -0.313. The zero-order chi connectivity index (χ0) is 20.6. The predicted molar refractivity (Wildman–Crippen MR) is 108 cm³/mol. The van der Waals surface area contributed by atoms with Crippen LogP contribution in [-0.4, -0.2) is 41.0 Å². The Morgan fingerprint density at radius 2 is 1.42 bits per heavy atom. The van der Waals surface area contributed by atoms with Gasteiger partial charge in [0.2, 0.25) is 0 Å². The van der Waals surface area contributed by atoms with Crippen LogP contribution in [-0.2, 0) is 14.3 Å². The maximum Gasteiger partial charge on any atom is 0.323 e. The van der Waals surface area contributed by atoms with E-state index in [9.17, 15) is 9.59 Å². The standard InChI is InChI=1S/C21H42N2O3/c1-19(2,3)22-15-16(24)13-11-10-12-14-17(23-20(4,5)6)18(25)26-21(7,8)9/h17,22-23H,10-15H2,1-9H3. The Labute approximate surface area is 161 Å². The minimum absolute atomic E-state index is 0.0328. The van der Waals surface area contributed by atoms with Crippen molar-refractivity contribution >= 4 is 11.8 Å². The van der Waals surface area contributed by atoms with Crippen LogP contribution in [0.1, 0.15) is 94.4 Å². The monoisotopic (exact) mass is 370 g/mol. The molecule has 0 aliphatic carbocycles. The van der Waals surface area contributed by atoms with Crippen LogP contribution < -0.4 is 10.6 Å². The van der Waals surface area contributed by atoms with E-state index >= 15 is 0 Å². The van der Waals surface area contributed by atoms with Gasteiger partial charge < -0.3 is 10.1 Å². The highest BCUT2D eigenvalue weighted by Gasteiger charge is 2.28. The van der Waals surface area contributed by atoms with E-state index in [1.54, 1.807) is 0 Å². The van der Waals surface area contributed by atoms with E-state index in [1.807, 2.05) is 41.5 Å². The topological polar surface area (TPSA) is 67.4 Å². The van der Waals surface area contributed by atoms with E-state index < -0.39 is 5.60 Å². The Morgan fingerprint density at radius 3 is 1.88 bits per heavy atom. The second kappa shape index (κ2) is 10.4. The maximum atomic E-state index is 12.4. The number of esters is 1. The Kier molecular flexibility index (Phi) is 10.0. The van der Waals surface area contributed by atoms with Gasteiger partial charge in [-0.2, -0.15) is 0 Å². The van der Waals surface area contributed by atoms with Crippen molar-refractivity contribution in [3.8, 4) is 0 Å². The van der Waals surface area contributed by atoms with Crippen LogP contribution >= 0.6 is 0 Å². The summed E-state index contributed by atoms with van der Waals surface area (Å²) in [6.45, 7) is 18.4. The molecule has 0 rings (SSSR count). The largest absolute Gasteiger partial charge is 0.459 e. The third-order valence-electron chi connectivity index (χ3n) is 3.56. The van der Waals surface area contributed by atoms with Gasteiger partial charge in [0.15, 0.2) is 0 Å². The molecule has 1 atom stereocenters. The van der Waals surface area contributed by atoms with E-state index in [2.05, 4.69) is 31.4 Å². The van der Waals surface area contributed by atoms with Gasteiger partial charge in [0, 0.05) is 17.5 Å². The van der Waals surface area contributed by atoms with Gasteiger partial charge in [-0.3, -0.25) is 14.9 Å². The summed E-state index contributed by atoms with van der Waals surface area (Å²) >= 11 is 0. The lowest BCUT2D eigenvalue weighted by atomic mass is 10.0. The van der Waals surface area contributed by atoms with Crippen molar-refractivity contribution < 1.29 is 14.3 Å². The number of Topliss-reactive ketones (excluding diaryl/α,β-unsaturated/α-hetero) is 1. The van der Waals surface area contributed by atoms with Crippen molar-refractivity contribution in [1.82, 2.24) is 10.6 Å². The molecule has 0 aliphatic rings. The number of carbonyl (C=O) groups is 2. The molecule has 0 saturated heterocycles. The number of ether oxygens (including phenoxy) is 1. The summed E-state index contributed by atoms with van der Waals surface area (Å²) in [7, 11) is 0. The minimum atomic E-state index is -0.485. The van der Waals surface area contributed by atoms with Crippen molar-refractivity contribution in [1.29, 1.82) is 0 Å². The molecule has 2 N–H and O–H groups in total.